The Morgan fingerprint density at radius 1 is 0.667 bits per heavy atom. The summed E-state index contributed by atoms with van der Waals surface area (Å²) in [6.07, 6.45) is 8.91. The molecule has 0 saturated heterocycles. The maximum absolute atomic E-state index is 5.83. The maximum atomic E-state index is 5.83. The highest BCUT2D eigenvalue weighted by atomic mass is 16.5. The number of ether oxygens (including phenoxy) is 2. The van der Waals surface area contributed by atoms with Gasteiger partial charge in [-0.15, -0.1) is 0 Å². The van der Waals surface area contributed by atoms with Crippen molar-refractivity contribution in [2.75, 3.05) is 13.7 Å². The quantitative estimate of drug-likeness (QED) is 0.459. The van der Waals surface area contributed by atoms with Gasteiger partial charge in [-0.1, -0.05) is 68.1 Å². The molecule has 0 aliphatic rings. The number of rotatable bonds is 12. The fraction of sp³-hybridized carbons (Fsp3) is 0.455. The summed E-state index contributed by atoms with van der Waals surface area (Å²) in [6, 6.07) is 18.8. The number of unbranched alkanes of at least 4 members (excludes halogenated alkanes) is 5. The van der Waals surface area contributed by atoms with Crippen LogP contribution in [0.5, 0.6) is 5.75 Å². The van der Waals surface area contributed by atoms with Gasteiger partial charge in [-0.25, -0.2) is 0 Å². The van der Waals surface area contributed by atoms with Crippen LogP contribution in [0, 0.1) is 0 Å². The molecule has 2 aromatic rings. The highest BCUT2D eigenvalue weighted by Gasteiger charge is 1.98. The first kappa shape index (κ1) is 18.5. The number of aryl methyl sites for hydroxylation is 1. The molecule has 0 aliphatic carbocycles. The zero-order valence-electron chi connectivity index (χ0n) is 14.9. The number of methoxy groups -OCH3 is 1. The third-order valence-corrected chi connectivity index (χ3v) is 4.24. The molecule has 0 heterocycles. The first-order valence-corrected chi connectivity index (χ1v) is 9.13. The van der Waals surface area contributed by atoms with Crippen molar-refractivity contribution in [2.45, 2.75) is 51.6 Å². The van der Waals surface area contributed by atoms with Crippen molar-refractivity contribution in [1.82, 2.24) is 0 Å². The molecule has 0 atom stereocenters. The van der Waals surface area contributed by atoms with Crippen LogP contribution in [0.4, 0.5) is 0 Å². The molecule has 0 saturated carbocycles. The third-order valence-electron chi connectivity index (χ3n) is 4.24. The Hall–Kier alpha value is -1.80. The SMILES string of the molecule is COCCCCCCCCc1ccc(OCc2ccccc2)cc1. The van der Waals surface area contributed by atoms with Gasteiger partial charge in [-0.3, -0.25) is 0 Å². The molecule has 0 aliphatic heterocycles. The van der Waals surface area contributed by atoms with Gasteiger partial charge in [0.15, 0.2) is 0 Å². The summed E-state index contributed by atoms with van der Waals surface area (Å²) in [6.45, 7) is 1.53. The summed E-state index contributed by atoms with van der Waals surface area (Å²) < 4.78 is 10.9. The summed E-state index contributed by atoms with van der Waals surface area (Å²) in [4.78, 5) is 0. The monoisotopic (exact) mass is 326 g/mol. The van der Waals surface area contributed by atoms with Crippen molar-refractivity contribution in [3.63, 3.8) is 0 Å². The van der Waals surface area contributed by atoms with Crippen molar-refractivity contribution in [2.24, 2.45) is 0 Å². The Balaban J connectivity index is 1.58. The lowest BCUT2D eigenvalue weighted by molar-refractivity contribution is 0.192. The van der Waals surface area contributed by atoms with Gasteiger partial charge >= 0.3 is 0 Å². The molecule has 0 fully saturated rings. The zero-order valence-corrected chi connectivity index (χ0v) is 14.9. The minimum absolute atomic E-state index is 0.628. The second-order valence-corrected chi connectivity index (χ2v) is 6.28. The normalized spacial score (nSPS) is 10.7. The summed E-state index contributed by atoms with van der Waals surface area (Å²) in [5, 5.41) is 0. The Kier molecular flexibility index (Phi) is 9.03. The van der Waals surface area contributed by atoms with Gasteiger partial charge in [0, 0.05) is 13.7 Å². The van der Waals surface area contributed by atoms with Crippen LogP contribution in [0.25, 0.3) is 0 Å². The smallest absolute Gasteiger partial charge is 0.119 e. The molecule has 0 unspecified atom stereocenters. The predicted octanol–water partition coefficient (Wildman–Crippen LogP) is 5.80. The van der Waals surface area contributed by atoms with E-state index in [0.29, 0.717) is 6.61 Å². The van der Waals surface area contributed by atoms with E-state index >= 15 is 0 Å². The van der Waals surface area contributed by atoms with Crippen molar-refractivity contribution in [1.29, 1.82) is 0 Å². The summed E-state index contributed by atoms with van der Waals surface area (Å²) >= 11 is 0. The van der Waals surface area contributed by atoms with E-state index in [-0.39, 0.29) is 0 Å². The Morgan fingerprint density at radius 2 is 1.33 bits per heavy atom. The fourth-order valence-electron chi connectivity index (χ4n) is 2.78. The second kappa shape index (κ2) is 11.7. The molecular formula is C22H30O2. The van der Waals surface area contributed by atoms with E-state index in [1.54, 1.807) is 7.11 Å². The molecule has 0 bridgehead atoms. The van der Waals surface area contributed by atoms with Crippen LogP contribution in [0.3, 0.4) is 0 Å². The topological polar surface area (TPSA) is 18.5 Å². The third kappa shape index (κ3) is 7.65. The van der Waals surface area contributed by atoms with E-state index < -0.39 is 0 Å². The first-order chi connectivity index (χ1) is 11.9. The summed E-state index contributed by atoms with van der Waals surface area (Å²) in [5.74, 6) is 0.945. The first-order valence-electron chi connectivity index (χ1n) is 9.13. The van der Waals surface area contributed by atoms with Gasteiger partial charge in [-0.05, 0) is 42.5 Å². The molecule has 0 spiro atoms. The van der Waals surface area contributed by atoms with Crippen LogP contribution < -0.4 is 4.74 Å². The van der Waals surface area contributed by atoms with Gasteiger partial charge < -0.3 is 9.47 Å². The standard InChI is InChI=1S/C22H30O2/c1-23-18-10-5-3-2-4-7-11-20-14-16-22(17-15-20)24-19-21-12-8-6-9-13-21/h6,8-9,12-17H,2-5,7,10-11,18-19H2,1H3. The minimum Gasteiger partial charge on any atom is -0.489 e. The number of hydrogen-bond acceptors (Lipinski definition) is 2. The molecule has 0 amide bonds. The highest BCUT2D eigenvalue weighted by Crippen LogP contribution is 2.16. The average molecular weight is 326 g/mol. The van der Waals surface area contributed by atoms with E-state index in [0.717, 1.165) is 18.8 Å². The lowest BCUT2D eigenvalue weighted by Gasteiger charge is -2.07. The van der Waals surface area contributed by atoms with Crippen LogP contribution in [0.1, 0.15) is 49.7 Å². The van der Waals surface area contributed by atoms with E-state index in [2.05, 4.69) is 36.4 Å². The Bertz CT molecular complexity index is 534. The van der Waals surface area contributed by atoms with Gasteiger partial charge in [0.05, 0.1) is 0 Å². The number of benzene rings is 2. The molecule has 2 aromatic carbocycles. The summed E-state index contributed by atoms with van der Waals surface area (Å²) in [5.41, 5.74) is 2.61. The van der Waals surface area contributed by atoms with Crippen molar-refractivity contribution in [3.05, 3.63) is 65.7 Å². The van der Waals surface area contributed by atoms with Gasteiger partial charge in [0.1, 0.15) is 12.4 Å². The van der Waals surface area contributed by atoms with E-state index in [1.165, 1.54) is 49.7 Å². The van der Waals surface area contributed by atoms with E-state index in [4.69, 9.17) is 9.47 Å². The average Bonchev–Trinajstić information content (AvgIpc) is 2.64. The highest BCUT2D eigenvalue weighted by molar-refractivity contribution is 5.27. The molecule has 2 heteroatoms. The van der Waals surface area contributed by atoms with Crippen LogP contribution in [-0.2, 0) is 17.8 Å². The predicted molar refractivity (Wildman–Crippen MR) is 100 cm³/mol. The molecule has 2 rings (SSSR count). The van der Waals surface area contributed by atoms with Crippen LogP contribution in [0.2, 0.25) is 0 Å². The van der Waals surface area contributed by atoms with Gasteiger partial charge in [0.25, 0.3) is 0 Å². The van der Waals surface area contributed by atoms with Gasteiger partial charge in [0.2, 0.25) is 0 Å². The lowest BCUT2D eigenvalue weighted by atomic mass is 10.0. The van der Waals surface area contributed by atoms with Crippen molar-refractivity contribution >= 4 is 0 Å². The van der Waals surface area contributed by atoms with Crippen molar-refractivity contribution in [3.8, 4) is 5.75 Å². The van der Waals surface area contributed by atoms with Crippen LogP contribution in [0.15, 0.2) is 54.6 Å². The molecule has 0 N–H and O–H groups in total. The zero-order chi connectivity index (χ0) is 16.9. The van der Waals surface area contributed by atoms with E-state index in [9.17, 15) is 0 Å². The second-order valence-electron chi connectivity index (χ2n) is 6.28. The Morgan fingerprint density at radius 3 is 2.04 bits per heavy atom. The molecular weight excluding hydrogens is 296 g/mol. The molecule has 0 aromatic heterocycles. The Labute approximate surface area is 146 Å². The summed E-state index contributed by atoms with van der Waals surface area (Å²) in [7, 11) is 1.78. The van der Waals surface area contributed by atoms with Crippen LogP contribution in [-0.4, -0.2) is 13.7 Å². The largest absolute Gasteiger partial charge is 0.489 e. The number of hydrogen-bond donors (Lipinski definition) is 0. The fourth-order valence-corrected chi connectivity index (χ4v) is 2.78. The van der Waals surface area contributed by atoms with Crippen LogP contribution >= 0.6 is 0 Å². The molecule has 130 valence electrons. The van der Waals surface area contributed by atoms with E-state index in [1.807, 2.05) is 18.2 Å². The van der Waals surface area contributed by atoms with Crippen molar-refractivity contribution < 1.29 is 9.47 Å². The molecule has 24 heavy (non-hydrogen) atoms. The molecule has 2 nitrogen and oxygen atoms in total. The lowest BCUT2D eigenvalue weighted by Crippen LogP contribution is -1.95. The molecule has 0 radical (unpaired) electrons. The minimum atomic E-state index is 0.628. The maximum Gasteiger partial charge on any atom is 0.119 e. The van der Waals surface area contributed by atoms with Gasteiger partial charge in [-0.2, -0.15) is 0 Å².